The molecule has 0 aromatic heterocycles. The fraction of sp³-hybridized carbons (Fsp3) is 0.250. The topological polar surface area (TPSA) is 197 Å². The highest BCUT2D eigenvalue weighted by atomic mass is 79.9. The maximum Gasteiger partial charge on any atom is 0.301 e. The van der Waals surface area contributed by atoms with Gasteiger partial charge < -0.3 is 10.0 Å². The van der Waals surface area contributed by atoms with Gasteiger partial charge in [0, 0.05) is 47.2 Å². The van der Waals surface area contributed by atoms with Crippen LogP contribution in [0.3, 0.4) is 0 Å². The van der Waals surface area contributed by atoms with Gasteiger partial charge in [0.15, 0.2) is 5.69 Å². The number of halogens is 3. The van der Waals surface area contributed by atoms with E-state index in [1.54, 1.807) is 42.5 Å². The van der Waals surface area contributed by atoms with E-state index in [2.05, 4.69) is 21.4 Å². The zero-order valence-corrected chi connectivity index (χ0v) is 32.8. The van der Waals surface area contributed by atoms with E-state index in [1.807, 2.05) is 0 Å². The lowest BCUT2D eigenvalue weighted by molar-refractivity contribution is -0.392. The molecule has 3 fully saturated rings. The summed E-state index contributed by atoms with van der Waals surface area (Å²) in [6.07, 6.45) is 1.57. The van der Waals surface area contributed by atoms with Gasteiger partial charge in [-0.05, 0) is 78.9 Å². The maximum absolute atomic E-state index is 15.3. The number of amides is 4. The number of allylic oxidation sites excluding steroid dienone is 2. The number of nitrogens with one attached hydrogen (secondary N) is 1. The molecule has 2 aliphatic heterocycles. The van der Waals surface area contributed by atoms with Gasteiger partial charge in [-0.2, -0.15) is 5.01 Å². The Bertz CT molecular complexity index is 2480. The molecule has 6 unspecified atom stereocenters. The van der Waals surface area contributed by atoms with Crippen LogP contribution in [0.15, 0.2) is 95.0 Å². The van der Waals surface area contributed by atoms with Gasteiger partial charge in [-0.25, -0.2) is 9.29 Å². The van der Waals surface area contributed by atoms with E-state index in [-0.39, 0.29) is 41.2 Å². The first kappa shape index (κ1) is 38.7. The normalized spacial score (nSPS) is 24.9. The third-order valence-corrected chi connectivity index (χ3v) is 12.5. The third-order valence-electron chi connectivity index (χ3n) is 11.7. The van der Waals surface area contributed by atoms with Crippen molar-refractivity contribution in [3.8, 4) is 5.75 Å². The molecule has 2 heterocycles. The molecule has 0 spiro atoms. The molecular weight excluding hydrogens is 843 g/mol. The lowest BCUT2D eigenvalue weighted by atomic mass is 9.49. The Morgan fingerprint density at radius 1 is 0.897 bits per heavy atom. The number of carbonyl (C=O) groups excluding carboxylic acids is 4. The van der Waals surface area contributed by atoms with Crippen molar-refractivity contribution in [2.24, 2.45) is 23.7 Å². The molecule has 4 aromatic carbocycles. The molecule has 296 valence electrons. The van der Waals surface area contributed by atoms with E-state index < -0.39 is 85.7 Å². The van der Waals surface area contributed by atoms with Crippen molar-refractivity contribution in [3.05, 3.63) is 137 Å². The number of aromatic hydroxyl groups is 1. The predicted octanol–water partition coefficient (Wildman–Crippen LogP) is 7.02. The lowest BCUT2D eigenvalue weighted by Gasteiger charge is -2.50. The van der Waals surface area contributed by atoms with Crippen LogP contribution in [0.25, 0.3) is 0 Å². The molecule has 58 heavy (non-hydrogen) atoms. The van der Waals surface area contributed by atoms with Gasteiger partial charge in [0.2, 0.25) is 11.8 Å². The minimum atomic E-state index is -1.77. The number of nitro groups is 2. The number of nitro benzene ring substituents is 2. The highest BCUT2D eigenvalue weighted by Crippen LogP contribution is 2.65. The molecule has 15 nitrogen and oxygen atoms in total. The van der Waals surface area contributed by atoms with Gasteiger partial charge in [-0.15, -0.1) is 0 Å². The number of hydrogen-bond acceptors (Lipinski definition) is 11. The fourth-order valence-corrected chi connectivity index (χ4v) is 9.97. The fourth-order valence-electron chi connectivity index (χ4n) is 9.47. The Kier molecular flexibility index (Phi) is 9.35. The zero-order valence-electron chi connectivity index (χ0n) is 30.5. The van der Waals surface area contributed by atoms with Crippen LogP contribution in [0, 0.1) is 49.7 Å². The summed E-state index contributed by atoms with van der Waals surface area (Å²) < 4.78 is 14.4. The van der Waals surface area contributed by atoms with E-state index in [4.69, 9.17) is 11.6 Å². The number of fused-ring (bicyclic) bond motifs is 4. The van der Waals surface area contributed by atoms with Crippen LogP contribution in [-0.4, -0.2) is 57.7 Å². The maximum atomic E-state index is 15.3. The number of phenolic OH excluding ortho intramolecular Hbond substituents is 1. The number of anilines is 3. The first-order valence-electron chi connectivity index (χ1n) is 17.9. The van der Waals surface area contributed by atoms with E-state index >= 15 is 4.79 Å². The number of hydrazine groups is 1. The Labute approximate surface area is 342 Å². The van der Waals surface area contributed by atoms with Gasteiger partial charge in [-0.1, -0.05) is 51.3 Å². The van der Waals surface area contributed by atoms with Gasteiger partial charge in [0.1, 0.15) is 11.6 Å². The SMILES string of the molecule is CN(C)c1c([N+](=O)[O-])cc(N2C(=O)C3CC=C4C(CC5C(=O)N(Nc6ccc(F)cc6)C(=O)C5(c5ccc(Cl)cc5)C4c4cc(Br)ccc4O)C3C2=O)cc1[N+](=O)[O-]. The average Bonchev–Trinajstić information content (AvgIpc) is 3.56. The molecule has 2 saturated heterocycles. The summed E-state index contributed by atoms with van der Waals surface area (Å²) >= 11 is 9.81. The summed E-state index contributed by atoms with van der Waals surface area (Å²) in [5.74, 6) is -9.13. The van der Waals surface area contributed by atoms with Gasteiger partial charge in [0.05, 0.1) is 44.4 Å². The van der Waals surface area contributed by atoms with Crippen molar-refractivity contribution in [2.75, 3.05) is 29.3 Å². The lowest BCUT2D eigenvalue weighted by Crippen LogP contribution is -2.53. The number of carbonyl (C=O) groups is 4. The number of benzene rings is 4. The van der Waals surface area contributed by atoms with Crippen LogP contribution in [-0.2, 0) is 24.6 Å². The molecule has 0 bridgehead atoms. The van der Waals surface area contributed by atoms with E-state index in [0.717, 1.165) is 34.2 Å². The molecular formula is C40H31BrClFN6O9. The number of rotatable bonds is 8. The molecule has 4 aliphatic rings. The Morgan fingerprint density at radius 2 is 1.53 bits per heavy atom. The first-order chi connectivity index (χ1) is 27.6. The van der Waals surface area contributed by atoms with Crippen LogP contribution in [0.1, 0.15) is 29.9 Å². The van der Waals surface area contributed by atoms with Crippen molar-refractivity contribution in [1.82, 2.24) is 5.01 Å². The smallest absolute Gasteiger partial charge is 0.301 e. The van der Waals surface area contributed by atoms with Crippen LogP contribution >= 0.6 is 27.5 Å². The van der Waals surface area contributed by atoms with Crippen molar-refractivity contribution < 1.29 is 38.5 Å². The Morgan fingerprint density at radius 3 is 2.14 bits per heavy atom. The molecule has 1 saturated carbocycles. The Hall–Kier alpha value is -6.20. The van der Waals surface area contributed by atoms with Gasteiger partial charge in [0.25, 0.3) is 11.8 Å². The summed E-state index contributed by atoms with van der Waals surface area (Å²) in [4.78, 5) is 83.9. The zero-order chi connectivity index (χ0) is 41.5. The highest BCUT2D eigenvalue weighted by molar-refractivity contribution is 9.10. The molecule has 18 heteroatoms. The Balaban J connectivity index is 1.32. The highest BCUT2D eigenvalue weighted by Gasteiger charge is 2.70. The summed E-state index contributed by atoms with van der Waals surface area (Å²) in [5, 5.41) is 37.2. The molecule has 8 rings (SSSR count). The number of hydrogen-bond donors (Lipinski definition) is 2. The summed E-state index contributed by atoms with van der Waals surface area (Å²) in [6, 6.07) is 18.0. The number of nitrogens with zero attached hydrogens (tertiary/aromatic N) is 5. The van der Waals surface area contributed by atoms with E-state index in [0.29, 0.717) is 20.6 Å². The minimum absolute atomic E-state index is 0.0378. The predicted molar refractivity (Wildman–Crippen MR) is 211 cm³/mol. The molecule has 4 aromatic rings. The molecule has 6 atom stereocenters. The summed E-state index contributed by atoms with van der Waals surface area (Å²) in [7, 11) is 2.78. The summed E-state index contributed by atoms with van der Waals surface area (Å²) in [5.41, 5.74) is 0.354. The average molecular weight is 874 g/mol. The first-order valence-corrected chi connectivity index (χ1v) is 19.1. The minimum Gasteiger partial charge on any atom is -0.508 e. The molecule has 2 N–H and O–H groups in total. The third kappa shape index (κ3) is 5.74. The van der Waals surface area contributed by atoms with Crippen LogP contribution in [0.5, 0.6) is 5.75 Å². The second-order valence-corrected chi connectivity index (χ2v) is 16.2. The van der Waals surface area contributed by atoms with Gasteiger partial charge >= 0.3 is 11.4 Å². The quantitative estimate of drug-likeness (QED) is 0.0799. The summed E-state index contributed by atoms with van der Waals surface area (Å²) in [6.45, 7) is 0. The second kappa shape index (κ2) is 14.0. The largest absolute Gasteiger partial charge is 0.508 e. The van der Waals surface area contributed by atoms with E-state index in [9.17, 15) is 44.1 Å². The van der Waals surface area contributed by atoms with Gasteiger partial charge in [-0.3, -0.25) is 44.8 Å². The van der Waals surface area contributed by atoms with Crippen molar-refractivity contribution >= 4 is 79.6 Å². The van der Waals surface area contributed by atoms with Crippen LogP contribution in [0.4, 0.5) is 32.8 Å². The van der Waals surface area contributed by atoms with Crippen molar-refractivity contribution in [2.45, 2.75) is 24.2 Å². The standard InChI is InChI=1S/C40H31BrClFN6O9/c1-45(2)35-30(48(55)56)16-24(17-31(35)49(57)58)46-36(51)26-13-12-25-27(33(26)38(46)53)18-29-37(52)47(44-23-10-8-22(43)9-11-23)39(54)40(29,19-3-6-21(42)7-4-19)34(25)28-15-20(41)5-14-32(28)50/h3-12,14-17,26-27,29,33-34,44,50H,13,18H2,1-2H3. The second-order valence-electron chi connectivity index (χ2n) is 14.8. The van der Waals surface area contributed by atoms with E-state index in [1.165, 1.54) is 37.2 Å². The number of imide groups is 2. The van der Waals surface area contributed by atoms with Crippen molar-refractivity contribution in [3.63, 3.8) is 0 Å². The molecule has 0 radical (unpaired) electrons. The molecule has 2 aliphatic carbocycles. The monoisotopic (exact) mass is 872 g/mol. The van der Waals surface area contributed by atoms with Crippen LogP contribution in [0.2, 0.25) is 5.02 Å². The molecule has 4 amide bonds. The van der Waals surface area contributed by atoms with Crippen molar-refractivity contribution in [1.29, 1.82) is 0 Å². The van der Waals surface area contributed by atoms with Crippen LogP contribution < -0.4 is 15.2 Å². The number of phenols is 1.